The Kier molecular flexibility index (Phi) is 48.9. The van der Waals surface area contributed by atoms with Gasteiger partial charge in [-0.2, -0.15) is 0 Å². The Morgan fingerprint density at radius 3 is 0.780 bits per heavy atom. The first-order chi connectivity index (χ1) is 23.3. The van der Waals surface area contributed by atoms with Crippen LogP contribution >= 0.6 is 34.0 Å². The zero-order valence-electron chi connectivity index (χ0n) is 35.3. The molecule has 0 aromatic rings. The molecule has 0 amide bonds. The summed E-state index contributed by atoms with van der Waals surface area (Å²) < 4.78 is 0. The molecular weight excluding hydrogens is 744 g/mol. The Morgan fingerprint density at radius 1 is 0.320 bits per heavy atom. The minimum absolute atomic E-state index is 0. The first kappa shape index (κ1) is 57.5. The van der Waals surface area contributed by atoms with Crippen LogP contribution in [0.3, 0.4) is 0 Å². The average Bonchev–Trinajstić information content (AvgIpc) is 3.10. The minimum Gasteiger partial charge on any atom is -0.330 e. The van der Waals surface area contributed by atoms with Gasteiger partial charge in [-0.3, -0.25) is 0 Å². The molecule has 6 heteroatoms. The first-order valence-electron chi connectivity index (χ1n) is 22.3. The molecule has 0 aliphatic rings. The Hall–Kier alpha value is 0.800. The Labute approximate surface area is 338 Å². The van der Waals surface area contributed by atoms with E-state index < -0.39 is 0 Å². The molecule has 0 aromatic carbocycles. The highest BCUT2D eigenvalue weighted by Crippen LogP contribution is 2.36. The molecule has 8 N–H and O–H groups in total. The van der Waals surface area contributed by atoms with Gasteiger partial charge in [-0.25, -0.2) is 0 Å². The monoisotopic (exact) mass is 841 g/mol. The number of hydrogen-bond donors (Lipinski definition) is 4. The maximum absolute atomic E-state index is 7.02. The van der Waals surface area contributed by atoms with Gasteiger partial charge in [-0.15, -0.1) is 34.0 Å². The van der Waals surface area contributed by atoms with E-state index in [0.29, 0.717) is 0 Å². The lowest BCUT2D eigenvalue weighted by Gasteiger charge is -2.39. The fourth-order valence-corrected chi connectivity index (χ4v) is 7.91. The van der Waals surface area contributed by atoms with E-state index in [1.54, 1.807) is 0 Å². The van der Waals surface area contributed by atoms with Crippen molar-refractivity contribution >= 4 is 34.0 Å². The summed E-state index contributed by atoms with van der Waals surface area (Å²) in [5.74, 6) is 1.47. The van der Waals surface area contributed by atoms with Crippen molar-refractivity contribution in [3.8, 4) is 0 Å². The van der Waals surface area contributed by atoms with Gasteiger partial charge in [0.1, 0.15) is 0 Å². The molecule has 0 fully saturated rings. The molecule has 50 heavy (non-hydrogen) atoms. The average molecular weight is 843 g/mol. The lowest BCUT2D eigenvalue weighted by Crippen LogP contribution is -2.47. The van der Waals surface area contributed by atoms with Crippen molar-refractivity contribution in [1.29, 1.82) is 0 Å². The third-order valence-corrected chi connectivity index (χ3v) is 11.4. The molecule has 0 aliphatic carbocycles. The number of rotatable bonds is 36. The number of unbranched alkanes of at least 4 members (excludes halogenated alkanes) is 16. The summed E-state index contributed by atoms with van der Waals surface area (Å²) in [7, 11) is 0. The third kappa shape index (κ3) is 32.2. The molecule has 0 bridgehead atoms. The second-order valence-electron chi connectivity index (χ2n) is 16.0. The topological polar surface area (TPSA) is 104 Å². The molecule has 0 aliphatic heterocycles. The van der Waals surface area contributed by atoms with Gasteiger partial charge >= 0.3 is 0 Å². The number of halogens is 2. The summed E-state index contributed by atoms with van der Waals surface area (Å²) in [6, 6.07) is 0. The van der Waals surface area contributed by atoms with Crippen molar-refractivity contribution in [2.45, 2.75) is 258 Å². The van der Waals surface area contributed by atoms with Crippen molar-refractivity contribution in [3.63, 3.8) is 0 Å². The van der Waals surface area contributed by atoms with Gasteiger partial charge in [0.15, 0.2) is 0 Å². The van der Waals surface area contributed by atoms with E-state index in [0.717, 1.165) is 24.9 Å². The van der Waals surface area contributed by atoms with Gasteiger partial charge in [0, 0.05) is 11.1 Å². The summed E-state index contributed by atoms with van der Waals surface area (Å²) in [5.41, 5.74) is 25.4. The predicted octanol–water partition coefficient (Wildman–Crippen LogP) is 14.3. The molecule has 0 rings (SSSR count). The Morgan fingerprint density at radius 2 is 0.540 bits per heavy atom. The SMILES string of the molecule is Br.Br.CCCCC(CCCCCCCCN)C(N)(CCCC)CCCC.CCCCC(CCCCCCCCN)C(N)(CCCC)CCCC. The second kappa shape index (κ2) is 42.5. The molecule has 2 atom stereocenters. The van der Waals surface area contributed by atoms with Crippen LogP contribution in [0.15, 0.2) is 0 Å². The number of hydrogen-bond acceptors (Lipinski definition) is 4. The van der Waals surface area contributed by atoms with E-state index in [2.05, 4.69) is 41.5 Å². The molecule has 0 aromatic heterocycles. The zero-order chi connectivity index (χ0) is 36.2. The van der Waals surface area contributed by atoms with Crippen LogP contribution in [0.1, 0.15) is 247 Å². The quantitative estimate of drug-likeness (QED) is 0.0472. The molecule has 0 radical (unpaired) electrons. The van der Waals surface area contributed by atoms with Crippen LogP contribution in [-0.2, 0) is 0 Å². The van der Waals surface area contributed by atoms with E-state index in [1.807, 2.05) is 0 Å². The van der Waals surface area contributed by atoms with E-state index in [-0.39, 0.29) is 45.0 Å². The van der Waals surface area contributed by atoms with Crippen LogP contribution in [0.25, 0.3) is 0 Å². The van der Waals surface area contributed by atoms with Crippen molar-refractivity contribution in [2.75, 3.05) is 13.1 Å². The standard InChI is InChI=1S/2C22H48N2.2BrH/c2*1-4-7-16-21(17-14-12-10-11-13-15-20-23)22(24,18-8-5-2)19-9-6-3;;/h2*21H,4-20,23-24H2,1-3H3;2*1H. The first-order valence-corrected chi connectivity index (χ1v) is 22.3. The molecule has 2 unspecified atom stereocenters. The Bertz CT molecular complexity index is 553. The van der Waals surface area contributed by atoms with Crippen LogP contribution in [-0.4, -0.2) is 24.2 Å². The fraction of sp³-hybridized carbons (Fsp3) is 1.00. The van der Waals surface area contributed by atoms with E-state index >= 15 is 0 Å². The van der Waals surface area contributed by atoms with Gasteiger partial charge in [-0.1, -0.05) is 183 Å². The van der Waals surface area contributed by atoms with Gasteiger partial charge in [0.25, 0.3) is 0 Å². The lowest BCUT2D eigenvalue weighted by molar-refractivity contribution is 0.193. The largest absolute Gasteiger partial charge is 0.330 e. The maximum atomic E-state index is 7.02. The molecular formula is C44H98Br2N4. The smallest absolute Gasteiger partial charge is 0.0182 e. The summed E-state index contributed by atoms with van der Waals surface area (Å²) in [4.78, 5) is 0. The zero-order valence-corrected chi connectivity index (χ0v) is 38.7. The summed E-state index contributed by atoms with van der Waals surface area (Å²) in [5, 5.41) is 0. The molecule has 0 heterocycles. The summed E-state index contributed by atoms with van der Waals surface area (Å²) in [6.45, 7) is 15.5. The summed E-state index contributed by atoms with van der Waals surface area (Å²) >= 11 is 0. The van der Waals surface area contributed by atoms with Crippen molar-refractivity contribution in [1.82, 2.24) is 0 Å². The van der Waals surface area contributed by atoms with E-state index in [4.69, 9.17) is 22.9 Å². The van der Waals surface area contributed by atoms with Crippen LogP contribution < -0.4 is 22.9 Å². The van der Waals surface area contributed by atoms with Crippen molar-refractivity contribution in [3.05, 3.63) is 0 Å². The minimum atomic E-state index is 0. The van der Waals surface area contributed by atoms with Gasteiger partial charge in [-0.05, 0) is 89.1 Å². The molecule has 0 saturated carbocycles. The highest BCUT2D eigenvalue weighted by molar-refractivity contribution is 8.93. The highest BCUT2D eigenvalue weighted by Gasteiger charge is 2.33. The third-order valence-electron chi connectivity index (χ3n) is 11.4. The normalized spacial score (nSPS) is 12.8. The highest BCUT2D eigenvalue weighted by atomic mass is 79.9. The molecule has 0 saturated heterocycles. The van der Waals surface area contributed by atoms with Crippen LogP contribution in [0.5, 0.6) is 0 Å². The van der Waals surface area contributed by atoms with Crippen LogP contribution in [0, 0.1) is 11.8 Å². The fourth-order valence-electron chi connectivity index (χ4n) is 7.91. The maximum Gasteiger partial charge on any atom is 0.0182 e. The van der Waals surface area contributed by atoms with Gasteiger partial charge in [0.2, 0.25) is 0 Å². The second-order valence-corrected chi connectivity index (χ2v) is 16.0. The van der Waals surface area contributed by atoms with Crippen molar-refractivity contribution in [2.24, 2.45) is 34.8 Å². The summed E-state index contributed by atoms with van der Waals surface area (Å²) in [6.07, 6.45) is 41.8. The predicted molar refractivity (Wildman–Crippen MR) is 241 cm³/mol. The van der Waals surface area contributed by atoms with E-state index in [9.17, 15) is 0 Å². The Balaban J connectivity index is -0.000000407. The molecule has 0 spiro atoms. The van der Waals surface area contributed by atoms with Gasteiger partial charge < -0.3 is 22.9 Å². The molecule has 308 valence electrons. The van der Waals surface area contributed by atoms with E-state index in [1.165, 1.54) is 205 Å². The molecule has 4 nitrogen and oxygen atoms in total. The van der Waals surface area contributed by atoms with Gasteiger partial charge in [0.05, 0.1) is 0 Å². The lowest BCUT2D eigenvalue weighted by atomic mass is 9.72. The van der Waals surface area contributed by atoms with Crippen LogP contribution in [0.4, 0.5) is 0 Å². The number of nitrogens with two attached hydrogens (primary N) is 4. The van der Waals surface area contributed by atoms with Crippen molar-refractivity contribution < 1.29 is 0 Å². The van der Waals surface area contributed by atoms with Crippen LogP contribution in [0.2, 0.25) is 0 Å².